The third-order valence-corrected chi connectivity index (χ3v) is 6.73. The van der Waals surface area contributed by atoms with Crippen LogP contribution in [0.2, 0.25) is 5.02 Å². The van der Waals surface area contributed by atoms with Gasteiger partial charge in [-0.15, -0.1) is 0 Å². The van der Waals surface area contributed by atoms with Crippen molar-refractivity contribution in [1.29, 1.82) is 0 Å². The fourth-order valence-electron chi connectivity index (χ4n) is 4.27. The van der Waals surface area contributed by atoms with Gasteiger partial charge in [-0.3, -0.25) is 14.0 Å². The topological polar surface area (TPSA) is 105 Å². The van der Waals surface area contributed by atoms with Gasteiger partial charge in [0, 0.05) is 17.8 Å². The van der Waals surface area contributed by atoms with E-state index in [9.17, 15) is 23.8 Å². The Morgan fingerprint density at radius 1 is 1.19 bits per heavy atom. The number of hydrogen-bond acceptors (Lipinski definition) is 6. The van der Waals surface area contributed by atoms with E-state index in [0.717, 1.165) is 12.8 Å². The second-order valence-electron chi connectivity index (χ2n) is 8.98. The number of fused-ring (bicyclic) bond motifs is 1. The minimum absolute atomic E-state index is 0.148. The molecule has 36 heavy (non-hydrogen) atoms. The second-order valence-corrected chi connectivity index (χ2v) is 9.38. The van der Waals surface area contributed by atoms with E-state index >= 15 is 0 Å². The third-order valence-electron chi connectivity index (χ3n) is 6.44. The first-order valence-electron chi connectivity index (χ1n) is 11.6. The Morgan fingerprint density at radius 3 is 2.64 bits per heavy atom. The molecule has 0 bridgehead atoms. The molecule has 4 aromatic rings. The van der Waals surface area contributed by atoms with Gasteiger partial charge in [0.15, 0.2) is 0 Å². The number of anilines is 1. The maximum Gasteiger partial charge on any atom is 0.266 e. The van der Waals surface area contributed by atoms with Crippen molar-refractivity contribution >= 4 is 28.3 Å². The van der Waals surface area contributed by atoms with Crippen LogP contribution in [0.4, 0.5) is 14.6 Å². The van der Waals surface area contributed by atoms with Crippen LogP contribution in [0.1, 0.15) is 24.8 Å². The number of nitrogens with zero attached hydrogens (tertiary/aromatic N) is 4. The van der Waals surface area contributed by atoms with Gasteiger partial charge in [0.25, 0.3) is 5.56 Å². The summed E-state index contributed by atoms with van der Waals surface area (Å²) in [5, 5.41) is 27.7. The van der Waals surface area contributed by atoms with E-state index in [0.29, 0.717) is 23.4 Å². The van der Waals surface area contributed by atoms with Gasteiger partial charge < -0.3 is 15.5 Å². The SMILES string of the molecule is O=c1c2cnn(Cc3c(F)cccc3F)c2ccn1-c1cc(N[C@H](CO)C[C@H](O)C2CC2)ncc1Cl. The Balaban J connectivity index is 1.44. The van der Waals surface area contributed by atoms with Gasteiger partial charge in [0.05, 0.1) is 59.3 Å². The zero-order chi connectivity index (χ0) is 25.4. The summed E-state index contributed by atoms with van der Waals surface area (Å²) < 4.78 is 30.9. The summed E-state index contributed by atoms with van der Waals surface area (Å²) in [5.41, 5.74) is 0.199. The summed E-state index contributed by atoms with van der Waals surface area (Å²) in [4.78, 5) is 17.5. The zero-order valence-corrected chi connectivity index (χ0v) is 19.9. The predicted octanol–water partition coefficient (Wildman–Crippen LogP) is 3.50. The lowest BCUT2D eigenvalue weighted by atomic mass is 10.1. The van der Waals surface area contributed by atoms with Crippen molar-refractivity contribution in [3.8, 4) is 5.69 Å². The molecule has 0 radical (unpaired) electrons. The van der Waals surface area contributed by atoms with Crippen molar-refractivity contribution < 1.29 is 19.0 Å². The summed E-state index contributed by atoms with van der Waals surface area (Å²) in [6, 6.07) is 6.41. The van der Waals surface area contributed by atoms with Crippen LogP contribution in [0.15, 0.2) is 53.7 Å². The molecule has 0 saturated heterocycles. The first kappa shape index (κ1) is 24.4. The molecule has 3 heterocycles. The van der Waals surface area contributed by atoms with Crippen LogP contribution in [0.3, 0.4) is 0 Å². The fourth-order valence-corrected chi connectivity index (χ4v) is 4.47. The lowest BCUT2D eigenvalue weighted by Gasteiger charge is -2.20. The number of aromatic nitrogens is 4. The summed E-state index contributed by atoms with van der Waals surface area (Å²) in [5.74, 6) is -0.729. The molecule has 0 amide bonds. The predicted molar refractivity (Wildman–Crippen MR) is 131 cm³/mol. The van der Waals surface area contributed by atoms with Gasteiger partial charge in [-0.2, -0.15) is 5.10 Å². The van der Waals surface area contributed by atoms with Gasteiger partial charge in [-0.25, -0.2) is 13.8 Å². The van der Waals surface area contributed by atoms with Crippen LogP contribution in [0.25, 0.3) is 16.6 Å². The molecule has 0 spiro atoms. The lowest BCUT2D eigenvalue weighted by Crippen LogP contribution is -2.30. The number of aliphatic hydroxyl groups excluding tert-OH is 2. The summed E-state index contributed by atoms with van der Waals surface area (Å²) in [6.45, 7) is -0.373. The Morgan fingerprint density at radius 2 is 1.94 bits per heavy atom. The number of nitrogens with one attached hydrogen (secondary N) is 1. The quantitative estimate of drug-likeness (QED) is 0.315. The van der Waals surface area contributed by atoms with E-state index in [4.69, 9.17) is 11.6 Å². The van der Waals surface area contributed by atoms with Crippen LogP contribution in [-0.2, 0) is 6.54 Å². The molecule has 1 saturated carbocycles. The van der Waals surface area contributed by atoms with E-state index in [-0.39, 0.29) is 35.0 Å². The number of aliphatic hydroxyl groups is 2. The maximum atomic E-state index is 14.1. The van der Waals surface area contributed by atoms with Gasteiger partial charge in [-0.05, 0) is 43.4 Å². The Bertz CT molecular complexity index is 1450. The number of rotatable bonds is 9. The molecular weight excluding hydrogens is 492 g/mol. The van der Waals surface area contributed by atoms with E-state index < -0.39 is 29.3 Å². The number of benzene rings is 1. The minimum atomic E-state index is -0.693. The smallest absolute Gasteiger partial charge is 0.266 e. The van der Waals surface area contributed by atoms with Crippen LogP contribution in [0.5, 0.6) is 0 Å². The fraction of sp³-hybridized carbons (Fsp3) is 0.320. The molecule has 11 heteroatoms. The Kier molecular flexibility index (Phi) is 6.74. The first-order valence-corrected chi connectivity index (χ1v) is 11.9. The molecule has 3 N–H and O–H groups in total. The van der Waals surface area contributed by atoms with Gasteiger partial charge in [0.2, 0.25) is 0 Å². The highest BCUT2D eigenvalue weighted by atomic mass is 35.5. The van der Waals surface area contributed by atoms with E-state index in [1.165, 1.54) is 46.0 Å². The molecule has 2 atom stereocenters. The lowest BCUT2D eigenvalue weighted by molar-refractivity contribution is 0.123. The van der Waals surface area contributed by atoms with E-state index in [1.54, 1.807) is 12.1 Å². The monoisotopic (exact) mass is 515 g/mol. The van der Waals surface area contributed by atoms with Gasteiger partial charge >= 0.3 is 0 Å². The van der Waals surface area contributed by atoms with Crippen molar-refractivity contribution in [1.82, 2.24) is 19.3 Å². The average molecular weight is 516 g/mol. The minimum Gasteiger partial charge on any atom is -0.394 e. The van der Waals surface area contributed by atoms with Gasteiger partial charge in [-0.1, -0.05) is 17.7 Å². The van der Waals surface area contributed by atoms with Crippen molar-refractivity contribution in [2.24, 2.45) is 5.92 Å². The normalized spacial score (nSPS) is 15.2. The summed E-state index contributed by atoms with van der Waals surface area (Å²) >= 11 is 6.36. The third kappa shape index (κ3) is 4.84. The van der Waals surface area contributed by atoms with Crippen molar-refractivity contribution in [2.75, 3.05) is 11.9 Å². The molecule has 0 unspecified atom stereocenters. The number of pyridine rings is 2. The van der Waals surface area contributed by atoms with Crippen molar-refractivity contribution in [3.05, 3.63) is 81.5 Å². The highest BCUT2D eigenvalue weighted by Crippen LogP contribution is 2.34. The molecule has 1 aromatic carbocycles. The summed E-state index contributed by atoms with van der Waals surface area (Å²) in [7, 11) is 0. The highest BCUT2D eigenvalue weighted by Gasteiger charge is 2.31. The second kappa shape index (κ2) is 9.96. The average Bonchev–Trinajstić information content (AvgIpc) is 3.63. The van der Waals surface area contributed by atoms with Crippen LogP contribution >= 0.6 is 11.6 Å². The van der Waals surface area contributed by atoms with Crippen LogP contribution < -0.4 is 10.9 Å². The van der Waals surface area contributed by atoms with E-state index in [1.807, 2.05) is 0 Å². The molecule has 1 aliphatic carbocycles. The molecule has 188 valence electrons. The number of halogens is 3. The highest BCUT2D eigenvalue weighted by molar-refractivity contribution is 6.32. The largest absolute Gasteiger partial charge is 0.394 e. The van der Waals surface area contributed by atoms with Crippen molar-refractivity contribution in [2.45, 2.75) is 38.0 Å². The molecule has 3 aromatic heterocycles. The van der Waals surface area contributed by atoms with Crippen LogP contribution in [-0.4, -0.2) is 48.3 Å². The first-order chi connectivity index (χ1) is 17.4. The molecule has 0 aliphatic heterocycles. The summed E-state index contributed by atoms with van der Waals surface area (Å²) in [6.07, 6.45) is 6.09. The molecule has 5 rings (SSSR count). The molecule has 8 nitrogen and oxygen atoms in total. The van der Waals surface area contributed by atoms with Crippen molar-refractivity contribution in [3.63, 3.8) is 0 Å². The Hall–Kier alpha value is -3.34. The van der Waals surface area contributed by atoms with E-state index in [2.05, 4.69) is 15.4 Å². The van der Waals surface area contributed by atoms with Gasteiger partial charge in [0.1, 0.15) is 17.5 Å². The zero-order valence-electron chi connectivity index (χ0n) is 19.1. The molecular formula is C25H24ClF2N5O3. The molecule has 1 aliphatic rings. The number of hydrogen-bond donors (Lipinski definition) is 3. The maximum absolute atomic E-state index is 14.1. The molecule has 1 fully saturated rings. The van der Waals surface area contributed by atoms with Crippen LogP contribution in [0, 0.1) is 17.6 Å². The standard InChI is InChI=1S/C25H24ClF2N5O3/c26-18-11-29-24(31-15(13-34)8-23(35)14-4-5-14)9-22(18)32-7-6-21-16(25(32)36)10-30-33(21)12-17-19(27)2-1-3-20(17)28/h1-3,6-7,9-11,14-15,23,34-35H,4-5,8,12-13H2,(H,29,31)/t15-,23-/m0/s1. The Labute approximate surface area is 209 Å².